The quantitative estimate of drug-likeness (QED) is 0.795. The molecule has 0 spiro atoms. The zero-order valence-electron chi connectivity index (χ0n) is 17.1. The van der Waals surface area contributed by atoms with Gasteiger partial charge in [0.05, 0.1) is 34.3 Å². The van der Waals surface area contributed by atoms with Crippen LogP contribution in [0.15, 0.2) is 5.51 Å². The first-order chi connectivity index (χ1) is 13.3. The minimum atomic E-state index is -0.237. The van der Waals surface area contributed by atoms with E-state index < -0.39 is 0 Å². The highest BCUT2D eigenvalue weighted by atomic mass is 32.1. The SMILES string of the molecule is Cc1ncsc1C(=O)NC1CCN(C(C)C(=O)Nc2c(C)nn(C)c2C)CC1. The van der Waals surface area contributed by atoms with E-state index in [9.17, 15) is 9.59 Å². The van der Waals surface area contributed by atoms with E-state index in [0.717, 1.165) is 48.7 Å². The molecule has 0 bridgehead atoms. The molecule has 1 fully saturated rings. The van der Waals surface area contributed by atoms with E-state index in [1.165, 1.54) is 11.3 Å². The molecule has 9 heteroatoms. The standard InChI is InChI=1S/C19H28N6O2S/c1-11-16(13(3)24(5)23-11)22-18(26)14(4)25-8-6-15(7-9-25)21-19(27)17-12(2)20-10-28-17/h10,14-15H,6-9H2,1-5H3,(H,21,27)(H,22,26). The van der Waals surface area contributed by atoms with E-state index in [0.29, 0.717) is 4.88 Å². The molecule has 8 nitrogen and oxygen atoms in total. The van der Waals surface area contributed by atoms with Crippen molar-refractivity contribution in [3.8, 4) is 0 Å². The number of hydrogen-bond acceptors (Lipinski definition) is 6. The molecule has 0 aromatic carbocycles. The van der Waals surface area contributed by atoms with Crippen LogP contribution in [0, 0.1) is 20.8 Å². The third-order valence-electron chi connectivity index (χ3n) is 5.50. The number of anilines is 1. The summed E-state index contributed by atoms with van der Waals surface area (Å²) in [6.45, 7) is 9.15. The molecule has 0 radical (unpaired) electrons. The van der Waals surface area contributed by atoms with Gasteiger partial charge in [-0.15, -0.1) is 11.3 Å². The molecule has 1 unspecified atom stereocenters. The molecule has 3 rings (SSSR count). The van der Waals surface area contributed by atoms with Crippen molar-refractivity contribution in [1.82, 2.24) is 25.0 Å². The molecule has 0 saturated carbocycles. The molecule has 1 saturated heterocycles. The minimum absolute atomic E-state index is 0.0260. The first-order valence-corrected chi connectivity index (χ1v) is 10.4. The van der Waals surface area contributed by atoms with Crippen LogP contribution >= 0.6 is 11.3 Å². The smallest absolute Gasteiger partial charge is 0.263 e. The normalized spacial score (nSPS) is 16.8. The van der Waals surface area contributed by atoms with Crippen LogP contribution < -0.4 is 10.6 Å². The Bertz CT molecular complexity index is 866. The van der Waals surface area contributed by atoms with Gasteiger partial charge in [-0.2, -0.15) is 5.10 Å². The van der Waals surface area contributed by atoms with Crippen molar-refractivity contribution in [3.05, 3.63) is 27.5 Å². The second kappa shape index (κ2) is 8.40. The van der Waals surface area contributed by atoms with Gasteiger partial charge in [0.25, 0.3) is 5.91 Å². The van der Waals surface area contributed by atoms with E-state index >= 15 is 0 Å². The Balaban J connectivity index is 1.52. The topological polar surface area (TPSA) is 92.2 Å². The fourth-order valence-electron chi connectivity index (χ4n) is 3.55. The maximum absolute atomic E-state index is 12.7. The molecule has 152 valence electrons. The minimum Gasteiger partial charge on any atom is -0.348 e. The Labute approximate surface area is 169 Å². The Morgan fingerprint density at radius 2 is 1.89 bits per heavy atom. The molecule has 2 aromatic rings. The number of aromatic nitrogens is 3. The van der Waals surface area contributed by atoms with Gasteiger partial charge in [-0.05, 0) is 40.5 Å². The number of carbonyl (C=O) groups excluding carboxylic acids is 2. The summed E-state index contributed by atoms with van der Waals surface area (Å²) in [5, 5.41) is 10.5. The predicted molar refractivity (Wildman–Crippen MR) is 110 cm³/mol. The number of thiazole rings is 1. The highest BCUT2D eigenvalue weighted by molar-refractivity contribution is 7.11. The summed E-state index contributed by atoms with van der Waals surface area (Å²) in [4.78, 5) is 32.0. The summed E-state index contributed by atoms with van der Waals surface area (Å²) < 4.78 is 1.77. The zero-order valence-corrected chi connectivity index (χ0v) is 17.9. The van der Waals surface area contributed by atoms with Gasteiger partial charge in [-0.1, -0.05) is 0 Å². The number of piperidine rings is 1. The Hall–Kier alpha value is -2.26. The maximum atomic E-state index is 12.7. The van der Waals surface area contributed by atoms with Crippen LogP contribution in [-0.4, -0.2) is 56.7 Å². The largest absolute Gasteiger partial charge is 0.348 e. The number of nitrogens with one attached hydrogen (secondary N) is 2. The van der Waals surface area contributed by atoms with E-state index in [1.807, 2.05) is 34.7 Å². The zero-order chi connectivity index (χ0) is 20.4. The summed E-state index contributed by atoms with van der Waals surface area (Å²) in [7, 11) is 1.87. The van der Waals surface area contributed by atoms with E-state index in [2.05, 4.69) is 25.6 Å². The Kier molecular flexibility index (Phi) is 6.14. The van der Waals surface area contributed by atoms with E-state index in [1.54, 1.807) is 10.2 Å². The number of amides is 2. The lowest BCUT2D eigenvalue weighted by molar-refractivity contribution is -0.121. The number of aryl methyl sites for hydroxylation is 3. The molecule has 28 heavy (non-hydrogen) atoms. The van der Waals surface area contributed by atoms with Crippen LogP contribution in [0.4, 0.5) is 5.69 Å². The van der Waals surface area contributed by atoms with Crippen LogP contribution in [0.2, 0.25) is 0 Å². The van der Waals surface area contributed by atoms with Crippen molar-refractivity contribution >= 4 is 28.8 Å². The molecule has 2 N–H and O–H groups in total. The monoisotopic (exact) mass is 404 g/mol. The lowest BCUT2D eigenvalue weighted by atomic mass is 10.0. The fourth-order valence-corrected chi connectivity index (χ4v) is 4.26. The molecule has 1 aliphatic rings. The molecule has 2 aromatic heterocycles. The van der Waals surface area contributed by atoms with Crippen molar-refractivity contribution < 1.29 is 9.59 Å². The summed E-state index contributed by atoms with van der Waals surface area (Å²) in [5.41, 5.74) is 5.02. The molecular formula is C19H28N6O2S. The molecule has 1 atom stereocenters. The van der Waals surface area contributed by atoms with Crippen LogP contribution in [0.5, 0.6) is 0 Å². The molecule has 2 amide bonds. The van der Waals surface area contributed by atoms with Gasteiger partial charge in [0.1, 0.15) is 4.88 Å². The first-order valence-electron chi connectivity index (χ1n) is 9.54. The average molecular weight is 405 g/mol. The van der Waals surface area contributed by atoms with Crippen molar-refractivity contribution in [2.24, 2.45) is 7.05 Å². The van der Waals surface area contributed by atoms with E-state index in [-0.39, 0.29) is 23.9 Å². The number of likely N-dealkylation sites (tertiary alicyclic amines) is 1. The first kappa shape index (κ1) is 20.5. The van der Waals surface area contributed by atoms with Crippen LogP contribution in [-0.2, 0) is 11.8 Å². The highest BCUT2D eigenvalue weighted by Gasteiger charge is 2.28. The van der Waals surface area contributed by atoms with Crippen molar-refractivity contribution in [1.29, 1.82) is 0 Å². The van der Waals surface area contributed by atoms with Crippen LogP contribution in [0.3, 0.4) is 0 Å². The fraction of sp³-hybridized carbons (Fsp3) is 0.579. The Morgan fingerprint density at radius 1 is 1.21 bits per heavy atom. The molecule has 3 heterocycles. The van der Waals surface area contributed by atoms with Gasteiger partial charge >= 0.3 is 0 Å². The van der Waals surface area contributed by atoms with Crippen molar-refractivity contribution in [2.45, 2.75) is 52.6 Å². The van der Waals surface area contributed by atoms with E-state index in [4.69, 9.17) is 0 Å². The van der Waals surface area contributed by atoms with Crippen molar-refractivity contribution in [3.63, 3.8) is 0 Å². The third kappa shape index (κ3) is 4.25. The number of nitrogens with zero attached hydrogens (tertiary/aromatic N) is 4. The van der Waals surface area contributed by atoms with Crippen molar-refractivity contribution in [2.75, 3.05) is 18.4 Å². The average Bonchev–Trinajstić information content (AvgIpc) is 3.20. The highest BCUT2D eigenvalue weighted by Crippen LogP contribution is 2.21. The molecular weight excluding hydrogens is 376 g/mol. The lowest BCUT2D eigenvalue weighted by Crippen LogP contribution is -2.50. The van der Waals surface area contributed by atoms with Gasteiger partial charge in [0.2, 0.25) is 5.91 Å². The number of rotatable bonds is 5. The Morgan fingerprint density at radius 3 is 2.43 bits per heavy atom. The predicted octanol–water partition coefficient (Wildman–Crippen LogP) is 2.02. The van der Waals surface area contributed by atoms with Gasteiger partial charge in [-0.25, -0.2) is 4.98 Å². The second-order valence-corrected chi connectivity index (χ2v) is 8.24. The van der Waals surface area contributed by atoms with Crippen LogP contribution in [0.25, 0.3) is 0 Å². The molecule has 1 aliphatic heterocycles. The number of hydrogen-bond donors (Lipinski definition) is 2. The van der Waals surface area contributed by atoms with Gasteiger partial charge < -0.3 is 10.6 Å². The number of carbonyl (C=O) groups is 2. The summed E-state index contributed by atoms with van der Waals surface area (Å²) in [6, 6.07) is -0.109. The van der Waals surface area contributed by atoms with Gasteiger partial charge in [-0.3, -0.25) is 19.2 Å². The van der Waals surface area contributed by atoms with Gasteiger partial charge in [0.15, 0.2) is 0 Å². The van der Waals surface area contributed by atoms with Crippen LogP contribution in [0.1, 0.15) is 46.5 Å². The maximum Gasteiger partial charge on any atom is 0.263 e. The second-order valence-electron chi connectivity index (χ2n) is 7.39. The third-order valence-corrected chi connectivity index (χ3v) is 6.43. The molecule has 0 aliphatic carbocycles. The summed E-state index contributed by atoms with van der Waals surface area (Å²) in [5.74, 6) is -0.0752. The lowest BCUT2D eigenvalue weighted by Gasteiger charge is -2.35. The summed E-state index contributed by atoms with van der Waals surface area (Å²) in [6.07, 6.45) is 1.65. The van der Waals surface area contributed by atoms with Gasteiger partial charge in [0, 0.05) is 26.2 Å². The summed E-state index contributed by atoms with van der Waals surface area (Å²) >= 11 is 1.37.